The van der Waals surface area contributed by atoms with Gasteiger partial charge in [-0.1, -0.05) is 11.6 Å². The zero-order valence-electron chi connectivity index (χ0n) is 11.4. The average Bonchev–Trinajstić information content (AvgIpc) is 3.06. The van der Waals surface area contributed by atoms with E-state index in [1.165, 1.54) is 24.3 Å². The first-order valence-electron chi connectivity index (χ1n) is 6.41. The summed E-state index contributed by atoms with van der Waals surface area (Å²) in [4.78, 5) is 33.5. The molecular weight excluding hydrogens is 324 g/mol. The molecule has 116 valence electrons. The van der Waals surface area contributed by atoms with Gasteiger partial charge in [-0.05, 0) is 30.3 Å². The maximum Gasteiger partial charge on any atom is 0.335 e. The van der Waals surface area contributed by atoms with E-state index in [9.17, 15) is 14.4 Å². The Kier molecular flexibility index (Phi) is 3.63. The highest BCUT2D eigenvalue weighted by Gasteiger charge is 2.23. The molecule has 1 aromatic carbocycles. The number of furan rings is 1. The van der Waals surface area contributed by atoms with Gasteiger partial charge in [-0.25, -0.2) is 9.59 Å². The molecule has 3 N–H and O–H groups in total. The smallest absolute Gasteiger partial charge is 0.335 e. The van der Waals surface area contributed by atoms with Crippen molar-refractivity contribution in [2.24, 2.45) is 0 Å². The number of hydrogen-bond donors (Lipinski definition) is 3. The molecule has 0 aliphatic carbocycles. The molecule has 8 heteroatoms. The maximum atomic E-state index is 11.4. The predicted molar refractivity (Wildman–Crippen MR) is 80.8 cm³/mol. The zero-order chi connectivity index (χ0) is 16.6. The van der Waals surface area contributed by atoms with Gasteiger partial charge in [-0.3, -0.25) is 10.1 Å². The number of hydrogen-bond acceptors (Lipinski definition) is 4. The Morgan fingerprint density at radius 1 is 1.17 bits per heavy atom. The average molecular weight is 333 g/mol. The van der Waals surface area contributed by atoms with E-state index in [1.807, 2.05) is 0 Å². The Hall–Kier alpha value is -3.06. The van der Waals surface area contributed by atoms with Gasteiger partial charge in [0.15, 0.2) is 0 Å². The minimum absolute atomic E-state index is 0.0567. The number of imide groups is 1. The number of carbonyl (C=O) groups is 3. The van der Waals surface area contributed by atoms with Crippen LogP contribution in [0.25, 0.3) is 17.4 Å². The molecule has 0 saturated carbocycles. The number of aromatic carboxylic acids is 1. The molecule has 1 aliphatic heterocycles. The van der Waals surface area contributed by atoms with E-state index in [4.69, 9.17) is 21.1 Å². The van der Waals surface area contributed by atoms with Gasteiger partial charge in [0.05, 0.1) is 10.6 Å². The van der Waals surface area contributed by atoms with Crippen LogP contribution in [0.3, 0.4) is 0 Å². The van der Waals surface area contributed by atoms with Gasteiger partial charge in [0.25, 0.3) is 5.91 Å². The third-order valence-corrected chi connectivity index (χ3v) is 3.44. The van der Waals surface area contributed by atoms with Crippen LogP contribution in [0.1, 0.15) is 16.1 Å². The Balaban J connectivity index is 1.95. The molecule has 1 aromatic heterocycles. The minimum atomic E-state index is -1.08. The second kappa shape index (κ2) is 5.62. The standard InChI is InChI=1S/C15H9ClN2O5/c16-10-3-1-7(14(20)21)5-9(10)12-4-2-8(23-12)6-11-13(19)18-15(22)17-11/h1-6H,(H,20,21)(H2,17,18,19,22)/b11-6-. The summed E-state index contributed by atoms with van der Waals surface area (Å²) in [6.45, 7) is 0. The van der Waals surface area contributed by atoms with Crippen LogP contribution in [0, 0.1) is 0 Å². The van der Waals surface area contributed by atoms with Crippen molar-refractivity contribution in [3.05, 3.63) is 52.4 Å². The van der Waals surface area contributed by atoms with Crippen LogP contribution < -0.4 is 10.6 Å². The van der Waals surface area contributed by atoms with E-state index < -0.39 is 17.9 Å². The third-order valence-electron chi connectivity index (χ3n) is 3.11. The molecule has 1 fully saturated rings. The molecule has 2 aromatic rings. The first-order valence-corrected chi connectivity index (χ1v) is 6.79. The third kappa shape index (κ3) is 2.95. The molecular formula is C15H9ClN2O5. The summed E-state index contributed by atoms with van der Waals surface area (Å²) in [5.74, 6) is -0.986. The van der Waals surface area contributed by atoms with Gasteiger partial charge in [0.2, 0.25) is 0 Å². The fraction of sp³-hybridized carbons (Fsp3) is 0. The van der Waals surface area contributed by atoms with Crippen molar-refractivity contribution in [1.29, 1.82) is 0 Å². The minimum Gasteiger partial charge on any atom is -0.478 e. The fourth-order valence-electron chi connectivity index (χ4n) is 2.05. The molecule has 0 atom stereocenters. The SMILES string of the molecule is O=C1NC(=O)/C(=C/c2ccc(-c3cc(C(=O)O)ccc3Cl)o2)N1. The Labute approximate surface area is 134 Å². The van der Waals surface area contributed by atoms with Crippen LogP contribution in [0.5, 0.6) is 0 Å². The Morgan fingerprint density at radius 2 is 1.96 bits per heavy atom. The summed E-state index contributed by atoms with van der Waals surface area (Å²) in [6, 6.07) is 6.80. The van der Waals surface area contributed by atoms with Crippen LogP contribution in [0.4, 0.5) is 4.79 Å². The highest BCUT2D eigenvalue weighted by molar-refractivity contribution is 6.33. The molecule has 3 amide bonds. The topological polar surface area (TPSA) is 109 Å². The number of carboxylic acids is 1. The lowest BCUT2D eigenvalue weighted by Crippen LogP contribution is -2.22. The maximum absolute atomic E-state index is 11.4. The molecule has 0 radical (unpaired) electrons. The highest BCUT2D eigenvalue weighted by atomic mass is 35.5. The number of carbonyl (C=O) groups excluding carboxylic acids is 2. The second-order valence-electron chi connectivity index (χ2n) is 4.67. The first kappa shape index (κ1) is 14.9. The lowest BCUT2D eigenvalue weighted by Gasteiger charge is -2.02. The summed E-state index contributed by atoms with van der Waals surface area (Å²) >= 11 is 6.07. The molecule has 23 heavy (non-hydrogen) atoms. The Bertz CT molecular complexity index is 869. The van der Waals surface area contributed by atoms with Crippen molar-refractivity contribution in [2.45, 2.75) is 0 Å². The molecule has 3 rings (SSSR count). The zero-order valence-corrected chi connectivity index (χ0v) is 12.2. The predicted octanol–water partition coefficient (Wildman–Crippen LogP) is 2.48. The van der Waals surface area contributed by atoms with Gasteiger partial charge >= 0.3 is 12.0 Å². The van der Waals surface area contributed by atoms with Crippen molar-refractivity contribution in [3.8, 4) is 11.3 Å². The van der Waals surface area contributed by atoms with Crippen LogP contribution >= 0.6 is 11.6 Å². The molecule has 0 spiro atoms. The summed E-state index contributed by atoms with van der Waals surface area (Å²) < 4.78 is 5.55. The van der Waals surface area contributed by atoms with Gasteiger partial charge in [0.1, 0.15) is 17.2 Å². The largest absolute Gasteiger partial charge is 0.478 e. The lowest BCUT2D eigenvalue weighted by atomic mass is 10.1. The van der Waals surface area contributed by atoms with Crippen molar-refractivity contribution in [3.63, 3.8) is 0 Å². The quantitative estimate of drug-likeness (QED) is 0.591. The second-order valence-corrected chi connectivity index (χ2v) is 5.08. The number of nitrogens with one attached hydrogen (secondary N) is 2. The van der Waals surface area contributed by atoms with Crippen molar-refractivity contribution in [1.82, 2.24) is 10.6 Å². The van der Waals surface area contributed by atoms with E-state index in [0.29, 0.717) is 22.1 Å². The van der Waals surface area contributed by atoms with Gasteiger partial charge < -0.3 is 14.8 Å². The van der Waals surface area contributed by atoms with Crippen LogP contribution in [-0.4, -0.2) is 23.0 Å². The Morgan fingerprint density at radius 3 is 2.61 bits per heavy atom. The van der Waals surface area contributed by atoms with E-state index in [0.717, 1.165) is 0 Å². The van der Waals surface area contributed by atoms with Crippen molar-refractivity contribution >= 4 is 35.6 Å². The monoisotopic (exact) mass is 332 g/mol. The number of benzene rings is 1. The molecule has 2 heterocycles. The number of urea groups is 1. The van der Waals surface area contributed by atoms with Gasteiger partial charge in [0, 0.05) is 11.6 Å². The summed E-state index contributed by atoms with van der Waals surface area (Å²) in [5, 5.41) is 13.8. The molecule has 1 saturated heterocycles. The van der Waals surface area contributed by atoms with Gasteiger partial charge in [-0.2, -0.15) is 0 Å². The number of rotatable bonds is 3. The van der Waals surface area contributed by atoms with E-state index in [1.54, 1.807) is 12.1 Å². The van der Waals surface area contributed by atoms with Gasteiger partial charge in [-0.15, -0.1) is 0 Å². The van der Waals surface area contributed by atoms with Crippen molar-refractivity contribution < 1.29 is 23.9 Å². The number of amides is 3. The molecule has 7 nitrogen and oxygen atoms in total. The van der Waals surface area contributed by atoms with Crippen LogP contribution in [0.15, 0.2) is 40.4 Å². The summed E-state index contributed by atoms with van der Waals surface area (Å²) in [6.07, 6.45) is 1.36. The summed E-state index contributed by atoms with van der Waals surface area (Å²) in [7, 11) is 0. The number of halogens is 1. The normalized spacial score (nSPS) is 15.6. The van der Waals surface area contributed by atoms with Crippen LogP contribution in [0.2, 0.25) is 5.02 Å². The fourth-order valence-corrected chi connectivity index (χ4v) is 2.26. The van der Waals surface area contributed by atoms with E-state index in [-0.39, 0.29) is 11.3 Å². The first-order chi connectivity index (χ1) is 10.9. The summed E-state index contributed by atoms with van der Waals surface area (Å²) in [5.41, 5.74) is 0.542. The molecule has 0 bridgehead atoms. The molecule has 0 unspecified atom stereocenters. The van der Waals surface area contributed by atoms with Crippen molar-refractivity contribution in [2.75, 3.05) is 0 Å². The lowest BCUT2D eigenvalue weighted by molar-refractivity contribution is -0.115. The van der Waals surface area contributed by atoms with Crippen LogP contribution in [-0.2, 0) is 4.79 Å². The number of carboxylic acid groups (broad SMARTS) is 1. The highest BCUT2D eigenvalue weighted by Crippen LogP contribution is 2.31. The van der Waals surface area contributed by atoms with E-state index in [2.05, 4.69) is 10.6 Å². The van der Waals surface area contributed by atoms with E-state index >= 15 is 0 Å². The molecule has 1 aliphatic rings.